The molecule has 126 valence electrons. The van der Waals surface area contributed by atoms with E-state index in [1.165, 1.54) is 6.20 Å². The summed E-state index contributed by atoms with van der Waals surface area (Å²) >= 11 is 6.10. The largest absolute Gasteiger partial charge is 0.475 e. The van der Waals surface area contributed by atoms with Crippen molar-refractivity contribution >= 4 is 17.5 Å². The maximum Gasteiger partial charge on any atom is 0.255 e. The summed E-state index contributed by atoms with van der Waals surface area (Å²) in [5.74, 6) is 0.337. The molecular formula is C17H17ClFN3O2. The van der Waals surface area contributed by atoms with Crippen LogP contribution in [0.15, 0.2) is 24.5 Å². The quantitative estimate of drug-likeness (QED) is 0.775. The molecule has 7 heteroatoms. The molecule has 0 fully saturated rings. The van der Waals surface area contributed by atoms with Gasteiger partial charge in [-0.2, -0.15) is 0 Å². The van der Waals surface area contributed by atoms with Gasteiger partial charge < -0.3 is 9.64 Å². The molecule has 0 spiro atoms. The Morgan fingerprint density at radius 2 is 2.25 bits per heavy atom. The number of halogens is 2. The van der Waals surface area contributed by atoms with E-state index in [1.54, 1.807) is 17.2 Å². The van der Waals surface area contributed by atoms with Crippen molar-refractivity contribution < 1.29 is 13.9 Å². The lowest BCUT2D eigenvalue weighted by molar-refractivity contribution is 0.0715. The van der Waals surface area contributed by atoms with Gasteiger partial charge in [0, 0.05) is 29.1 Å². The zero-order chi connectivity index (χ0) is 17.3. The van der Waals surface area contributed by atoms with Gasteiger partial charge in [-0.25, -0.2) is 14.4 Å². The van der Waals surface area contributed by atoms with E-state index >= 15 is 0 Å². The fourth-order valence-electron chi connectivity index (χ4n) is 2.81. The maximum atomic E-state index is 12.6. The van der Waals surface area contributed by atoms with Gasteiger partial charge >= 0.3 is 0 Å². The van der Waals surface area contributed by atoms with Crippen LogP contribution in [0.2, 0.25) is 5.15 Å². The molecule has 3 rings (SSSR count). The fraction of sp³-hybridized carbons (Fsp3) is 0.353. The topological polar surface area (TPSA) is 55.3 Å². The average Bonchev–Trinajstić information content (AvgIpc) is 2.91. The van der Waals surface area contributed by atoms with E-state index in [9.17, 15) is 9.18 Å². The molecule has 1 amide bonds. The first-order valence-corrected chi connectivity index (χ1v) is 8.00. The molecule has 1 aliphatic rings. The molecule has 0 aromatic carbocycles. The first kappa shape index (κ1) is 16.6. The van der Waals surface area contributed by atoms with Gasteiger partial charge in [-0.05, 0) is 31.5 Å². The number of hydrogen-bond donors (Lipinski definition) is 0. The number of aromatic nitrogens is 2. The van der Waals surface area contributed by atoms with Crippen molar-refractivity contribution in [3.63, 3.8) is 0 Å². The summed E-state index contributed by atoms with van der Waals surface area (Å²) in [4.78, 5) is 22.6. The number of ether oxygens (including phenoxy) is 1. The highest BCUT2D eigenvalue weighted by molar-refractivity contribution is 6.30. The zero-order valence-electron chi connectivity index (χ0n) is 13.4. The predicted molar refractivity (Wildman–Crippen MR) is 88.0 cm³/mol. The van der Waals surface area contributed by atoms with Crippen molar-refractivity contribution in [2.75, 3.05) is 13.3 Å². The number of amides is 1. The number of pyridine rings is 2. The number of hydrogen-bond acceptors (Lipinski definition) is 4. The van der Waals surface area contributed by atoms with Crippen LogP contribution in [0.25, 0.3) is 0 Å². The Morgan fingerprint density at radius 1 is 1.46 bits per heavy atom. The van der Waals surface area contributed by atoms with E-state index in [0.29, 0.717) is 23.1 Å². The van der Waals surface area contributed by atoms with E-state index in [0.717, 1.165) is 16.7 Å². The highest BCUT2D eigenvalue weighted by Crippen LogP contribution is 2.34. The number of nitrogens with zero attached hydrogens (tertiary/aromatic N) is 3. The Balaban J connectivity index is 1.83. The molecule has 2 aromatic rings. The van der Waals surface area contributed by atoms with Gasteiger partial charge in [0.15, 0.2) is 0 Å². The van der Waals surface area contributed by atoms with Gasteiger partial charge in [0.2, 0.25) is 5.88 Å². The summed E-state index contributed by atoms with van der Waals surface area (Å²) < 4.78 is 17.5. The Morgan fingerprint density at radius 3 is 2.92 bits per heavy atom. The van der Waals surface area contributed by atoms with Crippen molar-refractivity contribution in [2.45, 2.75) is 26.4 Å². The number of fused-ring (bicyclic) bond motifs is 1. The Labute approximate surface area is 144 Å². The van der Waals surface area contributed by atoms with Crippen LogP contribution in [0.1, 0.15) is 40.0 Å². The molecule has 1 unspecified atom stereocenters. The van der Waals surface area contributed by atoms with E-state index in [2.05, 4.69) is 9.97 Å². The van der Waals surface area contributed by atoms with Gasteiger partial charge in [0.05, 0.1) is 12.6 Å². The summed E-state index contributed by atoms with van der Waals surface area (Å²) in [5.41, 5.74) is 3.03. The van der Waals surface area contributed by atoms with Gasteiger partial charge in [0.1, 0.15) is 18.4 Å². The Bertz CT molecular complexity index is 784. The standard InChI is InChI=1S/C17H17ClFN3O2/c1-10-7-12(8-21-16(10)24-6-4-19)11(2)22-9-14-13(17(22)23)3-5-20-15(14)18/h3,5,7-8,11H,4,6,9H2,1-2H3. The lowest BCUT2D eigenvalue weighted by Gasteiger charge is -2.25. The van der Waals surface area contributed by atoms with Crippen LogP contribution in [0.3, 0.4) is 0 Å². The van der Waals surface area contributed by atoms with Gasteiger partial charge in [-0.15, -0.1) is 0 Å². The predicted octanol–water partition coefficient (Wildman–Crippen LogP) is 3.50. The van der Waals surface area contributed by atoms with Crippen LogP contribution in [-0.2, 0) is 6.54 Å². The van der Waals surface area contributed by atoms with Crippen LogP contribution in [0.4, 0.5) is 4.39 Å². The molecule has 3 heterocycles. The number of rotatable bonds is 5. The van der Waals surface area contributed by atoms with E-state index in [-0.39, 0.29) is 18.6 Å². The first-order chi connectivity index (χ1) is 11.5. The molecule has 0 saturated heterocycles. The lowest BCUT2D eigenvalue weighted by atomic mass is 10.1. The summed E-state index contributed by atoms with van der Waals surface area (Å²) in [6, 6.07) is 3.41. The third-order valence-electron chi connectivity index (χ3n) is 4.14. The second-order valence-electron chi connectivity index (χ2n) is 5.67. The van der Waals surface area contributed by atoms with Crippen molar-refractivity contribution in [1.82, 2.24) is 14.9 Å². The average molecular weight is 350 g/mol. The Kier molecular flexibility index (Phi) is 4.66. The highest BCUT2D eigenvalue weighted by atomic mass is 35.5. The molecule has 1 aliphatic heterocycles. The van der Waals surface area contributed by atoms with Gasteiger partial charge in [-0.3, -0.25) is 4.79 Å². The lowest BCUT2D eigenvalue weighted by Crippen LogP contribution is -2.27. The Hall–Kier alpha value is -2.21. The second-order valence-corrected chi connectivity index (χ2v) is 6.02. The SMILES string of the molecule is Cc1cc(C(C)N2Cc3c(ccnc3Cl)C2=O)cnc1OCCF. The van der Waals surface area contributed by atoms with Crippen LogP contribution in [0.5, 0.6) is 5.88 Å². The number of carbonyl (C=O) groups is 1. The summed E-state index contributed by atoms with van der Waals surface area (Å²) in [6.45, 7) is 3.62. The molecule has 1 atom stereocenters. The number of alkyl halides is 1. The minimum absolute atomic E-state index is 0.0197. The first-order valence-electron chi connectivity index (χ1n) is 7.62. The minimum atomic E-state index is -0.561. The number of carbonyl (C=O) groups excluding carboxylic acids is 1. The van der Waals surface area contributed by atoms with Crippen LogP contribution >= 0.6 is 11.6 Å². The molecule has 2 aromatic heterocycles. The fourth-order valence-corrected chi connectivity index (χ4v) is 3.02. The molecule has 5 nitrogen and oxygen atoms in total. The van der Waals surface area contributed by atoms with Crippen LogP contribution < -0.4 is 4.74 Å². The third-order valence-corrected chi connectivity index (χ3v) is 4.47. The van der Waals surface area contributed by atoms with Crippen molar-refractivity contribution in [3.8, 4) is 5.88 Å². The van der Waals surface area contributed by atoms with Crippen LogP contribution in [-0.4, -0.2) is 34.1 Å². The van der Waals surface area contributed by atoms with Crippen LogP contribution in [0, 0.1) is 6.92 Å². The van der Waals surface area contributed by atoms with Crippen molar-refractivity contribution in [3.05, 3.63) is 51.9 Å². The van der Waals surface area contributed by atoms with Crippen molar-refractivity contribution in [1.29, 1.82) is 0 Å². The highest BCUT2D eigenvalue weighted by Gasteiger charge is 2.33. The number of aryl methyl sites for hydroxylation is 1. The van der Waals surface area contributed by atoms with E-state index in [4.69, 9.17) is 16.3 Å². The summed E-state index contributed by atoms with van der Waals surface area (Å²) in [6.07, 6.45) is 3.19. The van der Waals surface area contributed by atoms with E-state index in [1.807, 2.05) is 19.9 Å². The van der Waals surface area contributed by atoms with Gasteiger partial charge in [-0.1, -0.05) is 11.6 Å². The molecule has 0 aliphatic carbocycles. The third kappa shape index (κ3) is 2.94. The molecule has 0 N–H and O–H groups in total. The summed E-state index contributed by atoms with van der Waals surface area (Å²) in [7, 11) is 0. The van der Waals surface area contributed by atoms with E-state index < -0.39 is 6.67 Å². The molecule has 0 bridgehead atoms. The van der Waals surface area contributed by atoms with Crippen molar-refractivity contribution in [2.24, 2.45) is 0 Å². The normalized spacial score (nSPS) is 14.7. The summed E-state index contributed by atoms with van der Waals surface area (Å²) in [5, 5.41) is 0.361. The smallest absolute Gasteiger partial charge is 0.255 e. The molecule has 0 radical (unpaired) electrons. The molecular weight excluding hydrogens is 333 g/mol. The molecule has 24 heavy (non-hydrogen) atoms. The monoisotopic (exact) mass is 349 g/mol. The van der Waals surface area contributed by atoms with Gasteiger partial charge in [0.25, 0.3) is 5.91 Å². The molecule has 0 saturated carbocycles. The maximum absolute atomic E-state index is 12.6. The zero-order valence-corrected chi connectivity index (χ0v) is 14.2. The second kappa shape index (κ2) is 6.73. The minimum Gasteiger partial charge on any atom is -0.475 e.